The van der Waals surface area contributed by atoms with Gasteiger partial charge in [0.1, 0.15) is 0 Å². The molecule has 0 bridgehead atoms. The number of nitrogens with two attached hydrogens (primary N) is 1. The maximum atomic E-state index is 10.9. The summed E-state index contributed by atoms with van der Waals surface area (Å²) in [5.74, 6) is -0.399. The Morgan fingerprint density at radius 3 is 2.82 bits per heavy atom. The maximum absolute atomic E-state index is 10.9. The molecule has 0 unspecified atom stereocenters. The minimum absolute atomic E-state index is 0.128. The first kappa shape index (κ1) is 8.06. The smallest absolute Gasteiger partial charge is 0.358 e. The second-order valence-electron chi connectivity index (χ2n) is 1.78. The van der Waals surface area contributed by atoms with Crippen LogP contribution < -0.4 is 5.73 Å². The summed E-state index contributed by atoms with van der Waals surface area (Å²) in [5.41, 5.74) is 5.51. The predicted octanol–water partition coefficient (Wildman–Crippen LogP) is 0.541. The van der Waals surface area contributed by atoms with Crippen molar-refractivity contribution in [3.63, 3.8) is 0 Å². The Morgan fingerprint density at radius 2 is 2.45 bits per heavy atom. The van der Waals surface area contributed by atoms with E-state index in [-0.39, 0.29) is 11.5 Å². The van der Waals surface area contributed by atoms with Gasteiger partial charge in [0.05, 0.1) is 7.11 Å². The van der Waals surface area contributed by atoms with Gasteiger partial charge in [-0.3, -0.25) is 0 Å². The number of anilines is 1. The molecule has 0 atom stereocenters. The summed E-state index contributed by atoms with van der Waals surface area (Å²) in [6.07, 6.45) is 0. The number of halogens is 1. The number of nitrogen functional groups attached to an aromatic ring is 1. The Kier molecular flexibility index (Phi) is 2.13. The standard InChI is InChI=1S/C5H6BrN3O2/c1-11-4(10)2-3(7)9-5(6)8-2/h7H2,1H3,(H,8,9). The van der Waals surface area contributed by atoms with Crippen molar-refractivity contribution in [2.24, 2.45) is 0 Å². The average Bonchev–Trinajstić information content (AvgIpc) is 2.28. The van der Waals surface area contributed by atoms with E-state index in [0.717, 1.165) is 0 Å². The third-order valence-corrected chi connectivity index (χ3v) is 1.47. The summed E-state index contributed by atoms with van der Waals surface area (Å²) < 4.78 is 4.83. The summed E-state index contributed by atoms with van der Waals surface area (Å²) in [4.78, 5) is 17.2. The second kappa shape index (κ2) is 2.91. The van der Waals surface area contributed by atoms with E-state index in [1.54, 1.807) is 0 Å². The number of carbonyl (C=O) groups excluding carboxylic acids is 1. The van der Waals surface area contributed by atoms with Crippen LogP contribution in [0.5, 0.6) is 0 Å². The monoisotopic (exact) mass is 219 g/mol. The molecule has 0 spiro atoms. The molecule has 0 aliphatic heterocycles. The SMILES string of the molecule is COC(=O)c1[nH]c(Br)nc1N. The van der Waals surface area contributed by atoms with E-state index in [4.69, 9.17) is 5.73 Å². The van der Waals surface area contributed by atoms with Gasteiger partial charge in [0.15, 0.2) is 16.2 Å². The largest absolute Gasteiger partial charge is 0.464 e. The Balaban J connectivity index is 3.03. The number of methoxy groups -OCH3 is 1. The zero-order chi connectivity index (χ0) is 8.43. The topological polar surface area (TPSA) is 81.0 Å². The molecule has 0 aromatic carbocycles. The van der Waals surface area contributed by atoms with Crippen LogP contribution in [0.3, 0.4) is 0 Å². The van der Waals surface area contributed by atoms with Crippen LogP contribution in [0.25, 0.3) is 0 Å². The molecule has 3 N–H and O–H groups in total. The molecule has 0 saturated heterocycles. The molecule has 6 heteroatoms. The van der Waals surface area contributed by atoms with Crippen molar-refractivity contribution < 1.29 is 9.53 Å². The van der Waals surface area contributed by atoms with Crippen LogP contribution in [0.1, 0.15) is 10.5 Å². The molecule has 1 aromatic rings. The highest BCUT2D eigenvalue weighted by Gasteiger charge is 2.13. The number of imidazole rings is 1. The number of nitrogens with zero attached hydrogens (tertiary/aromatic N) is 1. The van der Waals surface area contributed by atoms with Gasteiger partial charge in [-0.15, -0.1) is 0 Å². The van der Waals surface area contributed by atoms with Crippen molar-refractivity contribution in [1.82, 2.24) is 9.97 Å². The van der Waals surface area contributed by atoms with Crippen LogP contribution in [0, 0.1) is 0 Å². The van der Waals surface area contributed by atoms with Crippen LogP contribution >= 0.6 is 15.9 Å². The lowest BCUT2D eigenvalue weighted by atomic mass is 10.4. The number of nitrogens with one attached hydrogen (secondary N) is 1. The van der Waals surface area contributed by atoms with Gasteiger partial charge in [-0.1, -0.05) is 0 Å². The van der Waals surface area contributed by atoms with Gasteiger partial charge in [-0.2, -0.15) is 0 Å². The molecule has 0 amide bonds. The van der Waals surface area contributed by atoms with Crippen LogP contribution in [0.15, 0.2) is 4.73 Å². The summed E-state index contributed by atoms with van der Waals surface area (Å²) in [7, 11) is 1.27. The second-order valence-corrected chi connectivity index (χ2v) is 2.53. The van der Waals surface area contributed by atoms with Crippen molar-refractivity contribution in [3.8, 4) is 0 Å². The minimum Gasteiger partial charge on any atom is -0.464 e. The van der Waals surface area contributed by atoms with E-state index < -0.39 is 5.97 Å². The zero-order valence-electron chi connectivity index (χ0n) is 5.72. The van der Waals surface area contributed by atoms with Gasteiger partial charge in [0.2, 0.25) is 0 Å². The van der Waals surface area contributed by atoms with Crippen molar-refractivity contribution >= 4 is 27.7 Å². The van der Waals surface area contributed by atoms with Gasteiger partial charge in [-0.25, -0.2) is 9.78 Å². The Hall–Kier alpha value is -1.04. The van der Waals surface area contributed by atoms with E-state index in [0.29, 0.717) is 4.73 Å². The number of aromatic nitrogens is 2. The van der Waals surface area contributed by atoms with E-state index >= 15 is 0 Å². The molecule has 0 radical (unpaired) electrons. The highest BCUT2D eigenvalue weighted by Crippen LogP contribution is 2.12. The van der Waals surface area contributed by atoms with Gasteiger partial charge in [0.25, 0.3) is 0 Å². The summed E-state index contributed by atoms with van der Waals surface area (Å²) >= 11 is 3.03. The fourth-order valence-electron chi connectivity index (χ4n) is 0.614. The van der Waals surface area contributed by atoms with E-state index in [1.807, 2.05) is 0 Å². The highest BCUT2D eigenvalue weighted by molar-refractivity contribution is 9.10. The molecule has 5 nitrogen and oxygen atoms in total. The number of H-pyrrole nitrogens is 1. The number of rotatable bonds is 1. The Bertz CT molecular complexity index is 283. The molecular formula is C5H6BrN3O2. The third kappa shape index (κ3) is 1.51. The molecule has 1 rings (SSSR count). The summed E-state index contributed by atoms with van der Waals surface area (Å²) in [6.45, 7) is 0. The number of aromatic amines is 1. The molecule has 11 heavy (non-hydrogen) atoms. The first-order chi connectivity index (χ1) is 5.15. The molecule has 0 fully saturated rings. The van der Waals surface area contributed by atoms with Gasteiger partial charge in [0, 0.05) is 0 Å². The van der Waals surface area contributed by atoms with Crippen molar-refractivity contribution in [1.29, 1.82) is 0 Å². The number of carbonyl (C=O) groups is 1. The maximum Gasteiger partial charge on any atom is 0.358 e. The normalized spacial score (nSPS) is 9.64. The molecule has 0 aliphatic carbocycles. The van der Waals surface area contributed by atoms with Crippen LogP contribution in [0.4, 0.5) is 5.82 Å². The average molecular weight is 220 g/mol. The lowest BCUT2D eigenvalue weighted by Gasteiger charge is -1.93. The van der Waals surface area contributed by atoms with Crippen molar-refractivity contribution in [2.75, 3.05) is 12.8 Å². The number of ether oxygens (including phenoxy) is 1. The molecule has 0 aliphatic rings. The van der Waals surface area contributed by atoms with Crippen LogP contribution in [0.2, 0.25) is 0 Å². The first-order valence-electron chi connectivity index (χ1n) is 2.74. The van der Waals surface area contributed by atoms with Crippen molar-refractivity contribution in [2.45, 2.75) is 0 Å². The fourth-order valence-corrected chi connectivity index (χ4v) is 1.00. The molecular weight excluding hydrogens is 214 g/mol. The van der Waals surface area contributed by atoms with Crippen LogP contribution in [-0.2, 0) is 4.74 Å². The van der Waals surface area contributed by atoms with E-state index in [9.17, 15) is 4.79 Å². The quantitative estimate of drug-likeness (QED) is 0.676. The summed E-state index contributed by atoms with van der Waals surface area (Å²) in [5, 5.41) is 0. The zero-order valence-corrected chi connectivity index (χ0v) is 7.31. The number of hydrogen-bond acceptors (Lipinski definition) is 4. The van der Waals surface area contributed by atoms with E-state index in [2.05, 4.69) is 30.6 Å². The van der Waals surface area contributed by atoms with Crippen molar-refractivity contribution in [3.05, 3.63) is 10.4 Å². The molecule has 0 saturated carbocycles. The predicted molar refractivity (Wildman–Crippen MR) is 42.0 cm³/mol. The lowest BCUT2D eigenvalue weighted by molar-refractivity contribution is 0.0596. The number of esters is 1. The van der Waals surface area contributed by atoms with Gasteiger partial charge >= 0.3 is 5.97 Å². The minimum atomic E-state index is -0.527. The highest BCUT2D eigenvalue weighted by atomic mass is 79.9. The van der Waals surface area contributed by atoms with E-state index in [1.165, 1.54) is 7.11 Å². The lowest BCUT2D eigenvalue weighted by Crippen LogP contribution is -2.04. The van der Waals surface area contributed by atoms with Gasteiger partial charge in [-0.05, 0) is 15.9 Å². The Labute approximate surface area is 71.1 Å². The third-order valence-electron chi connectivity index (χ3n) is 1.09. The Morgan fingerprint density at radius 1 is 1.82 bits per heavy atom. The fraction of sp³-hybridized carbons (Fsp3) is 0.200. The van der Waals surface area contributed by atoms with Crippen LogP contribution in [-0.4, -0.2) is 23.0 Å². The molecule has 1 aromatic heterocycles. The molecule has 1 heterocycles. The van der Waals surface area contributed by atoms with Gasteiger partial charge < -0.3 is 15.5 Å². The number of hydrogen-bond donors (Lipinski definition) is 2. The summed E-state index contributed by atoms with van der Waals surface area (Å²) in [6, 6.07) is 0. The molecule has 60 valence electrons. The first-order valence-corrected chi connectivity index (χ1v) is 3.53.